The predicted molar refractivity (Wildman–Crippen MR) is 93.9 cm³/mol. The molecular formula is C18H23N3O2. The van der Waals surface area contributed by atoms with Crippen molar-refractivity contribution < 1.29 is 10.2 Å². The summed E-state index contributed by atoms with van der Waals surface area (Å²) in [7, 11) is 0. The van der Waals surface area contributed by atoms with Crippen molar-refractivity contribution in [3.63, 3.8) is 0 Å². The molecule has 2 aromatic rings. The number of aliphatic hydroxyl groups excluding tert-OH is 2. The molecule has 2 unspecified atom stereocenters. The third-order valence-electron chi connectivity index (χ3n) is 4.07. The van der Waals surface area contributed by atoms with Crippen LogP contribution in [0.3, 0.4) is 0 Å². The van der Waals surface area contributed by atoms with Crippen molar-refractivity contribution in [2.45, 2.75) is 18.6 Å². The molecular weight excluding hydrogens is 290 g/mol. The number of hydrogen-bond acceptors (Lipinski definition) is 5. The molecule has 1 aliphatic rings. The van der Waals surface area contributed by atoms with Gasteiger partial charge in [-0.25, -0.2) is 0 Å². The molecule has 2 aromatic carbocycles. The normalized spacial score (nSPS) is 18.1. The van der Waals surface area contributed by atoms with E-state index in [-0.39, 0.29) is 12.6 Å². The molecule has 0 radical (unpaired) electrons. The topological polar surface area (TPSA) is 76.5 Å². The zero-order valence-corrected chi connectivity index (χ0v) is 13.0. The summed E-state index contributed by atoms with van der Waals surface area (Å²) in [4.78, 5) is 0. The monoisotopic (exact) mass is 313 g/mol. The van der Waals surface area contributed by atoms with Crippen LogP contribution in [0.4, 0.5) is 17.1 Å². The van der Waals surface area contributed by atoms with Crippen molar-refractivity contribution in [2.75, 3.05) is 35.6 Å². The fraction of sp³-hybridized carbons (Fsp3) is 0.333. The van der Waals surface area contributed by atoms with Crippen LogP contribution in [-0.2, 0) is 0 Å². The summed E-state index contributed by atoms with van der Waals surface area (Å²) < 4.78 is 0. The second-order valence-electron chi connectivity index (χ2n) is 5.80. The Balaban J connectivity index is 1.67. The standard InChI is InChI=1S/C18H23N3O2/c22-12-15(23)11-20-14-7-5-13(6-8-14)16-9-10-19-17-3-1-2-4-18(17)21-16/h1-8,15-16,19-23H,9-12H2. The Morgan fingerprint density at radius 1 is 1.09 bits per heavy atom. The predicted octanol–water partition coefficient (Wildman–Crippen LogP) is 2.42. The molecule has 5 heteroatoms. The number of benzene rings is 2. The van der Waals surface area contributed by atoms with Crippen molar-refractivity contribution in [3.05, 3.63) is 54.1 Å². The van der Waals surface area contributed by atoms with E-state index >= 15 is 0 Å². The van der Waals surface area contributed by atoms with Crippen LogP contribution in [0.2, 0.25) is 0 Å². The molecule has 0 saturated carbocycles. The molecule has 1 heterocycles. The Morgan fingerprint density at radius 2 is 1.83 bits per heavy atom. The first-order valence-corrected chi connectivity index (χ1v) is 7.98. The van der Waals surface area contributed by atoms with E-state index in [4.69, 9.17) is 5.11 Å². The number of anilines is 3. The second-order valence-corrected chi connectivity index (χ2v) is 5.80. The molecule has 0 aromatic heterocycles. The van der Waals surface area contributed by atoms with E-state index in [2.05, 4.69) is 40.2 Å². The molecule has 122 valence electrons. The van der Waals surface area contributed by atoms with Crippen molar-refractivity contribution in [3.8, 4) is 0 Å². The lowest BCUT2D eigenvalue weighted by molar-refractivity contribution is 0.105. The fourth-order valence-electron chi connectivity index (χ4n) is 2.76. The molecule has 0 spiro atoms. The fourth-order valence-corrected chi connectivity index (χ4v) is 2.76. The Labute approximate surface area is 136 Å². The van der Waals surface area contributed by atoms with Crippen molar-refractivity contribution in [1.29, 1.82) is 0 Å². The van der Waals surface area contributed by atoms with Crippen LogP contribution < -0.4 is 16.0 Å². The minimum atomic E-state index is -0.735. The van der Waals surface area contributed by atoms with Crippen LogP contribution in [0.15, 0.2) is 48.5 Å². The molecule has 0 bridgehead atoms. The molecule has 0 fully saturated rings. The molecule has 5 N–H and O–H groups in total. The zero-order valence-electron chi connectivity index (χ0n) is 13.0. The molecule has 23 heavy (non-hydrogen) atoms. The largest absolute Gasteiger partial charge is 0.394 e. The van der Waals surface area contributed by atoms with Gasteiger partial charge >= 0.3 is 0 Å². The van der Waals surface area contributed by atoms with Crippen LogP contribution in [0.5, 0.6) is 0 Å². The van der Waals surface area contributed by atoms with Gasteiger partial charge in [0.15, 0.2) is 0 Å². The van der Waals surface area contributed by atoms with Crippen molar-refractivity contribution >= 4 is 17.1 Å². The van der Waals surface area contributed by atoms with Gasteiger partial charge in [-0.2, -0.15) is 0 Å². The van der Waals surface area contributed by atoms with Crippen LogP contribution in [0.1, 0.15) is 18.0 Å². The van der Waals surface area contributed by atoms with E-state index in [1.54, 1.807) is 0 Å². The van der Waals surface area contributed by atoms with E-state index in [1.165, 1.54) is 5.56 Å². The summed E-state index contributed by atoms with van der Waals surface area (Å²) in [5.41, 5.74) is 4.44. The molecule has 0 saturated heterocycles. The summed E-state index contributed by atoms with van der Waals surface area (Å²) in [5, 5.41) is 28.4. The van der Waals surface area contributed by atoms with E-state index in [9.17, 15) is 5.11 Å². The lowest BCUT2D eigenvalue weighted by Crippen LogP contribution is -2.22. The third-order valence-corrected chi connectivity index (χ3v) is 4.07. The number of rotatable bonds is 5. The maximum absolute atomic E-state index is 9.37. The van der Waals surface area contributed by atoms with Gasteiger partial charge in [0.1, 0.15) is 0 Å². The first-order chi connectivity index (χ1) is 11.3. The van der Waals surface area contributed by atoms with Gasteiger partial charge in [0.05, 0.1) is 30.1 Å². The molecule has 0 aliphatic carbocycles. The van der Waals surface area contributed by atoms with E-state index < -0.39 is 6.10 Å². The van der Waals surface area contributed by atoms with Crippen LogP contribution in [-0.4, -0.2) is 36.0 Å². The maximum Gasteiger partial charge on any atom is 0.0942 e. The number of aliphatic hydroxyl groups is 2. The Hall–Kier alpha value is -2.24. The summed E-state index contributed by atoms with van der Waals surface area (Å²) in [5.74, 6) is 0. The van der Waals surface area contributed by atoms with Crippen LogP contribution in [0, 0.1) is 0 Å². The quantitative estimate of drug-likeness (QED) is 0.586. The molecule has 1 aliphatic heterocycles. The number of nitrogens with one attached hydrogen (secondary N) is 3. The van der Waals surface area contributed by atoms with Gasteiger partial charge in [-0.15, -0.1) is 0 Å². The zero-order chi connectivity index (χ0) is 16.1. The summed E-state index contributed by atoms with van der Waals surface area (Å²) in [6.07, 6.45) is 0.269. The Bertz CT molecular complexity index is 630. The van der Waals surface area contributed by atoms with Gasteiger partial charge in [0, 0.05) is 18.8 Å². The summed E-state index contributed by atoms with van der Waals surface area (Å²) in [6.45, 7) is 1.04. The summed E-state index contributed by atoms with van der Waals surface area (Å²) in [6, 6.07) is 16.7. The lowest BCUT2D eigenvalue weighted by atomic mass is 10.0. The minimum Gasteiger partial charge on any atom is -0.394 e. The van der Waals surface area contributed by atoms with E-state index in [0.29, 0.717) is 6.54 Å². The van der Waals surface area contributed by atoms with Crippen LogP contribution >= 0.6 is 0 Å². The highest BCUT2D eigenvalue weighted by atomic mass is 16.3. The highest BCUT2D eigenvalue weighted by Crippen LogP contribution is 2.31. The minimum absolute atomic E-state index is 0.233. The van der Waals surface area contributed by atoms with Gasteiger partial charge < -0.3 is 26.2 Å². The first kappa shape index (κ1) is 15.6. The number of hydrogen-bond donors (Lipinski definition) is 5. The Kier molecular flexibility index (Phi) is 5.00. The van der Waals surface area contributed by atoms with E-state index in [0.717, 1.165) is 30.0 Å². The molecule has 2 atom stereocenters. The van der Waals surface area contributed by atoms with Crippen LogP contribution in [0.25, 0.3) is 0 Å². The SMILES string of the molecule is OCC(O)CNc1ccc(C2CCNc3ccccc3N2)cc1. The van der Waals surface area contributed by atoms with Gasteiger partial charge in [-0.1, -0.05) is 24.3 Å². The number of para-hydroxylation sites is 2. The van der Waals surface area contributed by atoms with Gasteiger partial charge in [-0.05, 0) is 36.2 Å². The highest BCUT2D eigenvalue weighted by molar-refractivity contribution is 5.70. The average molecular weight is 313 g/mol. The second kappa shape index (κ2) is 7.35. The first-order valence-electron chi connectivity index (χ1n) is 7.98. The third kappa shape index (κ3) is 3.94. The lowest BCUT2D eigenvalue weighted by Gasteiger charge is -2.18. The van der Waals surface area contributed by atoms with Crippen molar-refractivity contribution in [1.82, 2.24) is 0 Å². The molecule has 3 rings (SSSR count). The van der Waals surface area contributed by atoms with Crippen molar-refractivity contribution in [2.24, 2.45) is 0 Å². The Morgan fingerprint density at radius 3 is 2.57 bits per heavy atom. The average Bonchev–Trinajstić information content (AvgIpc) is 2.82. The number of fused-ring (bicyclic) bond motifs is 1. The van der Waals surface area contributed by atoms with E-state index in [1.807, 2.05) is 24.3 Å². The molecule has 0 amide bonds. The molecule has 5 nitrogen and oxygen atoms in total. The smallest absolute Gasteiger partial charge is 0.0942 e. The van der Waals surface area contributed by atoms with Gasteiger partial charge in [-0.3, -0.25) is 0 Å². The summed E-state index contributed by atoms with van der Waals surface area (Å²) >= 11 is 0. The van der Waals surface area contributed by atoms with Gasteiger partial charge in [0.25, 0.3) is 0 Å². The maximum atomic E-state index is 9.37. The van der Waals surface area contributed by atoms with Gasteiger partial charge in [0.2, 0.25) is 0 Å². The highest BCUT2D eigenvalue weighted by Gasteiger charge is 2.16.